The van der Waals surface area contributed by atoms with E-state index in [0.29, 0.717) is 4.90 Å². The summed E-state index contributed by atoms with van der Waals surface area (Å²) in [5.41, 5.74) is 1.88. The van der Waals surface area contributed by atoms with Crippen LogP contribution in [0.15, 0.2) is 35.2 Å². The molecule has 0 N–H and O–H groups in total. The molecule has 18 heavy (non-hydrogen) atoms. The van der Waals surface area contributed by atoms with Crippen LogP contribution in [0.3, 0.4) is 0 Å². The van der Waals surface area contributed by atoms with Gasteiger partial charge >= 0.3 is 5.88 Å². The smallest absolute Gasteiger partial charge is 0.299 e. The Hall–Kier alpha value is -1.60. The predicted octanol–water partition coefficient (Wildman–Crippen LogP) is 3.29. The number of allylic oxidation sites excluding steroid dienone is 2. The number of benzene rings is 1. The van der Waals surface area contributed by atoms with Crippen molar-refractivity contribution in [1.29, 1.82) is 0 Å². The second-order valence-electron chi connectivity index (χ2n) is 4.37. The van der Waals surface area contributed by atoms with Crippen LogP contribution in [-0.2, 0) is 9.84 Å². The van der Waals surface area contributed by atoms with Crippen LogP contribution in [0.5, 0.6) is 0 Å². The highest BCUT2D eigenvalue weighted by molar-refractivity contribution is 7.91. The highest BCUT2D eigenvalue weighted by Crippen LogP contribution is 2.31. The van der Waals surface area contributed by atoms with E-state index in [-0.39, 0.29) is 0 Å². The van der Waals surface area contributed by atoms with Crippen molar-refractivity contribution in [3.63, 3.8) is 0 Å². The fourth-order valence-corrected chi connectivity index (χ4v) is 3.37. The molecule has 0 saturated carbocycles. The van der Waals surface area contributed by atoms with E-state index in [2.05, 4.69) is 10.9 Å². The van der Waals surface area contributed by atoms with Gasteiger partial charge in [-0.1, -0.05) is 24.3 Å². The van der Waals surface area contributed by atoms with Crippen LogP contribution < -0.4 is 0 Å². The molecular weight excluding hydrogens is 246 g/mol. The van der Waals surface area contributed by atoms with Crippen LogP contribution in [0.25, 0.3) is 10.4 Å². The molecule has 0 bridgehead atoms. The first kappa shape index (κ1) is 12.8. The van der Waals surface area contributed by atoms with Gasteiger partial charge < -0.3 is 0 Å². The summed E-state index contributed by atoms with van der Waals surface area (Å²) in [6.07, 6.45) is 6.32. The van der Waals surface area contributed by atoms with E-state index in [0.717, 1.165) is 30.4 Å². The topological polar surface area (TPSA) is 38.5 Å². The summed E-state index contributed by atoms with van der Waals surface area (Å²) in [5, 5.41) is 0. The average Bonchev–Trinajstić information content (AvgIpc) is 2.40. The molecule has 0 fully saturated rings. The summed E-state index contributed by atoms with van der Waals surface area (Å²) in [4.78, 5) is 3.31. The lowest BCUT2D eigenvalue weighted by atomic mass is 9.94. The van der Waals surface area contributed by atoms with Crippen molar-refractivity contribution >= 4 is 15.4 Å². The maximum atomic E-state index is 12.1. The summed E-state index contributed by atoms with van der Waals surface area (Å²) in [6, 6.07) is 7.00. The zero-order chi connectivity index (χ0) is 13.0. The number of hydrogen-bond donors (Lipinski definition) is 0. The average molecular weight is 261 g/mol. The molecule has 0 unspecified atom stereocenters. The Morgan fingerprint density at radius 3 is 2.67 bits per heavy atom. The molecule has 0 heterocycles. The lowest BCUT2D eigenvalue weighted by Crippen LogP contribution is -2.07. The molecule has 0 amide bonds. The first-order chi connectivity index (χ1) is 8.65. The van der Waals surface area contributed by atoms with Gasteiger partial charge in [0.2, 0.25) is 0 Å². The second kappa shape index (κ2) is 5.36. The Morgan fingerprint density at radius 1 is 1.22 bits per heavy atom. The van der Waals surface area contributed by atoms with Gasteiger partial charge in [0, 0.05) is 0 Å². The van der Waals surface area contributed by atoms with Gasteiger partial charge in [0.15, 0.2) is 0 Å². The SMILES string of the molecule is [C-]#[N+]CS(=O)(=O)c1ccccc1C1=CCCCC1. The standard InChI is InChI=1S/C14H15NO2S/c1-15-11-18(16,17)14-10-6-5-9-13(14)12-7-3-2-4-8-12/h5-7,9-10H,2-4,8,11H2. The minimum Gasteiger partial charge on any atom is -0.299 e. The monoisotopic (exact) mass is 261 g/mol. The van der Waals surface area contributed by atoms with E-state index in [1.165, 1.54) is 6.42 Å². The molecule has 0 radical (unpaired) electrons. The van der Waals surface area contributed by atoms with E-state index in [1.54, 1.807) is 12.1 Å². The van der Waals surface area contributed by atoms with Crippen LogP contribution in [0.1, 0.15) is 31.2 Å². The summed E-state index contributed by atoms with van der Waals surface area (Å²) in [5.74, 6) is -0.475. The number of nitrogens with zero attached hydrogens (tertiary/aromatic N) is 1. The predicted molar refractivity (Wildman–Crippen MR) is 71.5 cm³/mol. The number of hydrogen-bond acceptors (Lipinski definition) is 2. The minimum atomic E-state index is -3.49. The molecular formula is C14H15NO2S. The highest BCUT2D eigenvalue weighted by atomic mass is 32.2. The first-order valence-electron chi connectivity index (χ1n) is 5.99. The third-order valence-corrected chi connectivity index (χ3v) is 4.59. The Labute approximate surface area is 108 Å². The maximum Gasteiger partial charge on any atom is 0.316 e. The molecule has 0 aliphatic heterocycles. The van der Waals surface area contributed by atoms with Crippen LogP contribution in [0, 0.1) is 6.57 Å². The van der Waals surface area contributed by atoms with E-state index < -0.39 is 15.7 Å². The Bertz CT molecular complexity index is 609. The Balaban J connectivity index is 2.50. The lowest BCUT2D eigenvalue weighted by molar-refractivity contribution is 0.598. The van der Waals surface area contributed by atoms with Crippen molar-refractivity contribution in [2.24, 2.45) is 0 Å². The van der Waals surface area contributed by atoms with Gasteiger partial charge in [0.1, 0.15) is 0 Å². The fourth-order valence-electron chi connectivity index (χ4n) is 2.24. The van der Waals surface area contributed by atoms with Gasteiger partial charge in [0.05, 0.1) is 4.90 Å². The molecule has 2 rings (SSSR count). The fraction of sp³-hybridized carbons (Fsp3) is 0.357. The third-order valence-electron chi connectivity index (χ3n) is 3.09. The molecule has 0 atom stereocenters. The van der Waals surface area contributed by atoms with Gasteiger partial charge in [-0.2, -0.15) is 0 Å². The van der Waals surface area contributed by atoms with Gasteiger partial charge in [-0.15, -0.1) is 0 Å². The number of sulfone groups is 1. The quantitative estimate of drug-likeness (QED) is 0.783. The van der Waals surface area contributed by atoms with Crippen molar-refractivity contribution in [1.82, 2.24) is 0 Å². The lowest BCUT2D eigenvalue weighted by Gasteiger charge is -2.15. The normalized spacial score (nSPS) is 15.8. The summed E-state index contributed by atoms with van der Waals surface area (Å²) in [6.45, 7) is 6.75. The van der Waals surface area contributed by atoms with Crippen LogP contribution in [0.2, 0.25) is 0 Å². The molecule has 0 saturated heterocycles. The van der Waals surface area contributed by atoms with E-state index >= 15 is 0 Å². The van der Waals surface area contributed by atoms with Gasteiger partial charge in [-0.05, 0) is 42.9 Å². The number of rotatable bonds is 3. The molecule has 1 aromatic rings. The van der Waals surface area contributed by atoms with Gasteiger partial charge in [-0.25, -0.2) is 15.0 Å². The summed E-state index contributed by atoms with van der Waals surface area (Å²) < 4.78 is 24.1. The molecule has 0 aromatic heterocycles. The van der Waals surface area contributed by atoms with Crippen molar-refractivity contribution in [2.75, 3.05) is 5.88 Å². The third kappa shape index (κ3) is 2.62. The van der Waals surface area contributed by atoms with Crippen LogP contribution in [-0.4, -0.2) is 14.3 Å². The second-order valence-corrected chi connectivity index (χ2v) is 6.30. The van der Waals surface area contributed by atoms with Gasteiger partial charge in [0.25, 0.3) is 9.84 Å². The van der Waals surface area contributed by atoms with Crippen molar-refractivity contribution in [2.45, 2.75) is 30.6 Å². The first-order valence-corrected chi connectivity index (χ1v) is 7.65. The van der Waals surface area contributed by atoms with E-state index in [4.69, 9.17) is 6.57 Å². The van der Waals surface area contributed by atoms with Crippen molar-refractivity contribution < 1.29 is 8.42 Å². The molecule has 1 aliphatic rings. The molecule has 3 nitrogen and oxygen atoms in total. The Kier molecular flexibility index (Phi) is 3.83. The molecule has 1 aromatic carbocycles. The maximum absolute atomic E-state index is 12.1. The highest BCUT2D eigenvalue weighted by Gasteiger charge is 2.22. The van der Waals surface area contributed by atoms with Crippen molar-refractivity contribution in [3.05, 3.63) is 47.3 Å². The molecule has 1 aliphatic carbocycles. The van der Waals surface area contributed by atoms with Gasteiger partial charge in [-0.3, -0.25) is 4.85 Å². The van der Waals surface area contributed by atoms with Crippen LogP contribution in [0.4, 0.5) is 0 Å². The minimum absolute atomic E-state index is 0.300. The summed E-state index contributed by atoms with van der Waals surface area (Å²) >= 11 is 0. The molecule has 4 heteroatoms. The molecule has 94 valence electrons. The van der Waals surface area contributed by atoms with E-state index in [9.17, 15) is 8.42 Å². The summed E-state index contributed by atoms with van der Waals surface area (Å²) in [7, 11) is -3.49. The molecule has 0 spiro atoms. The Morgan fingerprint density at radius 2 is 2.00 bits per heavy atom. The largest absolute Gasteiger partial charge is 0.316 e. The zero-order valence-electron chi connectivity index (χ0n) is 10.1. The van der Waals surface area contributed by atoms with E-state index in [1.807, 2.05) is 12.1 Å². The van der Waals surface area contributed by atoms with Crippen LogP contribution >= 0.6 is 0 Å². The van der Waals surface area contributed by atoms with Crippen molar-refractivity contribution in [3.8, 4) is 0 Å². The zero-order valence-corrected chi connectivity index (χ0v) is 10.9.